The van der Waals surface area contributed by atoms with Gasteiger partial charge in [-0.05, 0) is 57.3 Å². The van der Waals surface area contributed by atoms with Crippen molar-refractivity contribution in [2.24, 2.45) is 0 Å². The molecule has 80 valence electrons. The summed E-state index contributed by atoms with van der Waals surface area (Å²) in [5.74, 6) is 0. The number of piperidine rings is 1. The fourth-order valence-electron chi connectivity index (χ4n) is 1.63. The highest BCUT2D eigenvalue weighted by molar-refractivity contribution is 9.13. The fraction of sp³-hybridized carbons (Fsp3) is 0.556. The van der Waals surface area contributed by atoms with Gasteiger partial charge >= 0.3 is 0 Å². The van der Waals surface area contributed by atoms with Gasteiger partial charge in [0.15, 0.2) is 0 Å². The van der Waals surface area contributed by atoms with Crippen molar-refractivity contribution in [1.82, 2.24) is 5.32 Å². The molecule has 0 bridgehead atoms. The average molecular weight is 362 g/mol. The summed E-state index contributed by atoms with van der Waals surface area (Å²) in [7, 11) is 0. The molecule has 1 nitrogen and oxygen atoms in total. The Balaban J connectivity index is 0.000000980. The van der Waals surface area contributed by atoms with E-state index < -0.39 is 0 Å². The van der Waals surface area contributed by atoms with E-state index in [1.807, 2.05) is 11.3 Å². The molecule has 0 saturated carbocycles. The molecule has 14 heavy (non-hydrogen) atoms. The minimum absolute atomic E-state index is 0. The third-order valence-electron chi connectivity index (χ3n) is 2.32. The number of halogens is 3. The highest BCUT2D eigenvalue weighted by Gasteiger charge is 2.17. The summed E-state index contributed by atoms with van der Waals surface area (Å²) in [5.41, 5.74) is 0. The maximum absolute atomic E-state index is 3.54. The van der Waals surface area contributed by atoms with E-state index in [0.717, 1.165) is 6.54 Å². The van der Waals surface area contributed by atoms with Crippen LogP contribution < -0.4 is 5.32 Å². The van der Waals surface area contributed by atoms with Gasteiger partial charge in [-0.15, -0.1) is 23.7 Å². The molecule has 2 heterocycles. The van der Waals surface area contributed by atoms with Gasteiger partial charge in [-0.2, -0.15) is 0 Å². The zero-order chi connectivity index (χ0) is 9.26. The van der Waals surface area contributed by atoms with Crippen molar-refractivity contribution in [1.29, 1.82) is 0 Å². The van der Waals surface area contributed by atoms with Gasteiger partial charge in [-0.25, -0.2) is 0 Å². The van der Waals surface area contributed by atoms with E-state index in [-0.39, 0.29) is 12.4 Å². The summed E-state index contributed by atoms with van der Waals surface area (Å²) in [6, 6.07) is 2.80. The first kappa shape index (κ1) is 13.0. The van der Waals surface area contributed by atoms with E-state index in [2.05, 4.69) is 43.2 Å². The molecule has 1 aliphatic heterocycles. The Morgan fingerprint density at radius 2 is 2.14 bits per heavy atom. The third kappa shape index (κ3) is 2.95. The molecule has 1 N–H and O–H groups in total. The second-order valence-electron chi connectivity index (χ2n) is 3.27. The summed E-state index contributed by atoms with van der Waals surface area (Å²) in [4.78, 5) is 1.44. The highest BCUT2D eigenvalue weighted by Crippen LogP contribution is 2.37. The second kappa shape index (κ2) is 5.85. The lowest BCUT2D eigenvalue weighted by atomic mass is 10.0. The smallest absolute Gasteiger partial charge is 0.0843 e. The number of rotatable bonds is 1. The molecule has 1 aliphatic rings. The summed E-state index contributed by atoms with van der Waals surface area (Å²) in [6.45, 7) is 1.16. The molecule has 0 unspecified atom stereocenters. The van der Waals surface area contributed by atoms with Gasteiger partial charge in [0.1, 0.15) is 0 Å². The molecular formula is C9H12Br2ClNS. The lowest BCUT2D eigenvalue weighted by molar-refractivity contribution is 0.417. The van der Waals surface area contributed by atoms with E-state index in [9.17, 15) is 0 Å². The third-order valence-corrected chi connectivity index (χ3v) is 5.69. The average Bonchev–Trinajstić information content (AvgIpc) is 2.49. The molecule has 1 atom stereocenters. The van der Waals surface area contributed by atoms with Gasteiger partial charge in [-0.1, -0.05) is 6.42 Å². The Morgan fingerprint density at radius 3 is 2.64 bits per heavy atom. The van der Waals surface area contributed by atoms with E-state index in [1.165, 1.54) is 32.4 Å². The van der Waals surface area contributed by atoms with Crippen LogP contribution in [0.1, 0.15) is 30.2 Å². The fourth-order valence-corrected chi connectivity index (χ4v) is 3.83. The Labute approximate surface area is 111 Å². The molecule has 0 aliphatic carbocycles. The highest BCUT2D eigenvalue weighted by atomic mass is 79.9. The van der Waals surface area contributed by atoms with Crippen LogP contribution in [0.3, 0.4) is 0 Å². The van der Waals surface area contributed by atoms with Crippen molar-refractivity contribution in [3.63, 3.8) is 0 Å². The summed E-state index contributed by atoms with van der Waals surface area (Å²) in [5, 5.41) is 3.54. The quantitative estimate of drug-likeness (QED) is 0.776. The molecular weight excluding hydrogens is 349 g/mol. The van der Waals surface area contributed by atoms with E-state index in [4.69, 9.17) is 0 Å². The van der Waals surface area contributed by atoms with Gasteiger partial charge in [0.2, 0.25) is 0 Å². The van der Waals surface area contributed by atoms with Crippen molar-refractivity contribution in [3.05, 3.63) is 19.2 Å². The molecule has 0 amide bonds. The molecule has 1 aromatic rings. The van der Waals surface area contributed by atoms with Crippen LogP contribution >= 0.6 is 55.6 Å². The molecule has 0 spiro atoms. The zero-order valence-electron chi connectivity index (χ0n) is 7.56. The van der Waals surface area contributed by atoms with Crippen LogP contribution in [0.4, 0.5) is 0 Å². The monoisotopic (exact) mass is 359 g/mol. The molecule has 1 saturated heterocycles. The topological polar surface area (TPSA) is 12.0 Å². The number of thiophene rings is 1. The Kier molecular flexibility index (Phi) is 5.42. The van der Waals surface area contributed by atoms with E-state index in [1.54, 1.807) is 0 Å². The van der Waals surface area contributed by atoms with Crippen LogP contribution in [-0.2, 0) is 0 Å². The van der Waals surface area contributed by atoms with E-state index >= 15 is 0 Å². The first-order valence-electron chi connectivity index (χ1n) is 4.45. The largest absolute Gasteiger partial charge is 0.309 e. The lowest BCUT2D eigenvalue weighted by Gasteiger charge is -2.21. The maximum atomic E-state index is 3.54. The van der Waals surface area contributed by atoms with Crippen LogP contribution in [0.25, 0.3) is 0 Å². The van der Waals surface area contributed by atoms with Crippen LogP contribution in [0, 0.1) is 0 Å². The number of hydrogen-bond donors (Lipinski definition) is 1. The predicted octanol–water partition coefficient (Wildman–Crippen LogP) is 4.51. The van der Waals surface area contributed by atoms with Crippen molar-refractivity contribution in [2.75, 3.05) is 6.54 Å². The van der Waals surface area contributed by atoms with Crippen LogP contribution in [-0.4, -0.2) is 6.54 Å². The van der Waals surface area contributed by atoms with Gasteiger partial charge in [0, 0.05) is 15.4 Å². The van der Waals surface area contributed by atoms with Gasteiger partial charge in [-0.3, -0.25) is 0 Å². The van der Waals surface area contributed by atoms with Crippen molar-refractivity contribution in [3.8, 4) is 0 Å². The molecule has 1 aromatic heterocycles. The predicted molar refractivity (Wildman–Crippen MR) is 71.6 cm³/mol. The molecule has 5 heteroatoms. The first-order chi connectivity index (χ1) is 6.27. The van der Waals surface area contributed by atoms with Crippen LogP contribution in [0.5, 0.6) is 0 Å². The SMILES string of the molecule is Brc1cc([C@H]2CCCCN2)sc1Br.Cl. The number of nitrogens with one attached hydrogen (secondary N) is 1. The Hall–Kier alpha value is 0.910. The van der Waals surface area contributed by atoms with E-state index in [0.29, 0.717) is 6.04 Å². The van der Waals surface area contributed by atoms with Gasteiger partial charge in [0.05, 0.1) is 3.79 Å². The molecule has 0 aromatic carbocycles. The normalized spacial score (nSPS) is 21.7. The van der Waals surface area contributed by atoms with Crippen LogP contribution in [0.15, 0.2) is 14.3 Å². The van der Waals surface area contributed by atoms with Crippen molar-refractivity contribution >= 4 is 55.6 Å². The maximum Gasteiger partial charge on any atom is 0.0843 e. The first-order valence-corrected chi connectivity index (χ1v) is 6.86. The lowest BCUT2D eigenvalue weighted by Crippen LogP contribution is -2.25. The van der Waals surface area contributed by atoms with Gasteiger partial charge < -0.3 is 5.32 Å². The van der Waals surface area contributed by atoms with Gasteiger partial charge in [0.25, 0.3) is 0 Å². The van der Waals surface area contributed by atoms with Crippen molar-refractivity contribution < 1.29 is 0 Å². The number of hydrogen-bond acceptors (Lipinski definition) is 2. The summed E-state index contributed by atoms with van der Waals surface area (Å²) < 4.78 is 2.38. The molecule has 2 rings (SSSR count). The Bertz CT molecular complexity index is 278. The Morgan fingerprint density at radius 1 is 1.36 bits per heavy atom. The summed E-state index contributed by atoms with van der Waals surface area (Å²) in [6.07, 6.45) is 3.95. The minimum Gasteiger partial charge on any atom is -0.309 e. The molecule has 1 fully saturated rings. The van der Waals surface area contributed by atoms with Crippen LogP contribution in [0.2, 0.25) is 0 Å². The standard InChI is InChI=1S/C9H11Br2NS.ClH/c10-6-5-8(13-9(6)11)7-3-1-2-4-12-7;/h5,7,12H,1-4H2;1H/t7-;/m1./s1. The summed E-state index contributed by atoms with van der Waals surface area (Å²) >= 11 is 8.87. The minimum atomic E-state index is 0. The van der Waals surface area contributed by atoms with Crippen molar-refractivity contribution in [2.45, 2.75) is 25.3 Å². The molecule has 0 radical (unpaired) electrons. The second-order valence-corrected chi connectivity index (χ2v) is 6.53. The zero-order valence-corrected chi connectivity index (χ0v) is 12.4.